The molecule has 1 aliphatic carbocycles. The summed E-state index contributed by atoms with van der Waals surface area (Å²) in [6.07, 6.45) is 3.18. The number of carbonyl (C=O) groups is 1. The maximum absolute atomic E-state index is 12.4. The molecule has 110 valence electrons. The molecular formula is C18H21NOS. The van der Waals surface area contributed by atoms with Gasteiger partial charge in [0, 0.05) is 31.1 Å². The number of carbonyl (C=O) groups excluding carboxylic acids is 1. The van der Waals surface area contributed by atoms with Crippen LogP contribution in [-0.2, 0) is 6.54 Å². The average Bonchev–Trinajstić information content (AvgIpc) is 3.21. The van der Waals surface area contributed by atoms with Crippen LogP contribution in [0.2, 0.25) is 0 Å². The van der Waals surface area contributed by atoms with Gasteiger partial charge in [0.2, 0.25) is 0 Å². The molecule has 0 N–H and O–H groups in total. The van der Waals surface area contributed by atoms with Gasteiger partial charge in [0.05, 0.1) is 0 Å². The molecule has 0 bridgehead atoms. The zero-order chi connectivity index (χ0) is 14.7. The van der Waals surface area contributed by atoms with Gasteiger partial charge >= 0.3 is 0 Å². The number of nitrogens with zero attached hydrogens (tertiary/aromatic N) is 1. The second-order valence-corrected chi connectivity index (χ2v) is 6.60. The van der Waals surface area contributed by atoms with E-state index in [2.05, 4.69) is 21.7 Å². The van der Waals surface area contributed by atoms with Gasteiger partial charge in [-0.15, -0.1) is 0 Å². The second-order valence-electron chi connectivity index (χ2n) is 5.82. The van der Waals surface area contributed by atoms with Crippen LogP contribution in [0.1, 0.15) is 40.7 Å². The largest absolute Gasteiger partial charge is 0.296 e. The van der Waals surface area contributed by atoms with E-state index in [0.29, 0.717) is 12.5 Å². The predicted octanol–water partition coefficient (Wildman–Crippen LogP) is 4.29. The fraction of sp³-hybridized carbons (Fsp3) is 0.389. The lowest BCUT2D eigenvalue weighted by Crippen LogP contribution is -2.28. The fourth-order valence-electron chi connectivity index (χ4n) is 2.71. The Morgan fingerprint density at radius 1 is 1.29 bits per heavy atom. The number of benzene rings is 1. The summed E-state index contributed by atoms with van der Waals surface area (Å²) in [7, 11) is 0. The van der Waals surface area contributed by atoms with Crippen molar-refractivity contribution in [1.29, 1.82) is 0 Å². The van der Waals surface area contributed by atoms with Gasteiger partial charge in [-0.2, -0.15) is 11.3 Å². The number of thiophene rings is 1. The van der Waals surface area contributed by atoms with Crippen molar-refractivity contribution in [3.63, 3.8) is 0 Å². The summed E-state index contributed by atoms with van der Waals surface area (Å²) >= 11 is 1.74. The number of Topliss-reactive ketones (excluding diaryl/α,β-unsaturated/α-hetero) is 1. The highest BCUT2D eigenvalue weighted by molar-refractivity contribution is 7.07. The summed E-state index contributed by atoms with van der Waals surface area (Å²) in [4.78, 5) is 14.9. The van der Waals surface area contributed by atoms with Gasteiger partial charge < -0.3 is 0 Å². The van der Waals surface area contributed by atoms with E-state index >= 15 is 0 Å². The Morgan fingerprint density at radius 3 is 2.76 bits per heavy atom. The van der Waals surface area contributed by atoms with Gasteiger partial charge in [-0.05, 0) is 47.7 Å². The highest BCUT2D eigenvalue weighted by Gasteiger charge is 2.29. The van der Waals surface area contributed by atoms with E-state index in [9.17, 15) is 4.79 Å². The molecule has 3 rings (SSSR count). The lowest BCUT2D eigenvalue weighted by Gasteiger charge is -2.21. The molecule has 2 nitrogen and oxygen atoms in total. The van der Waals surface area contributed by atoms with E-state index in [4.69, 9.17) is 0 Å². The SMILES string of the molecule is Cc1ccccc1C(=O)CCN(Cc1ccsc1)C1CC1. The Bertz CT molecular complexity index is 601. The zero-order valence-corrected chi connectivity index (χ0v) is 13.2. The lowest BCUT2D eigenvalue weighted by molar-refractivity contribution is 0.0959. The summed E-state index contributed by atoms with van der Waals surface area (Å²) in [5.41, 5.74) is 3.33. The van der Waals surface area contributed by atoms with Crippen molar-refractivity contribution in [3.8, 4) is 0 Å². The van der Waals surface area contributed by atoms with Crippen LogP contribution >= 0.6 is 11.3 Å². The molecule has 1 aromatic carbocycles. The molecule has 0 amide bonds. The summed E-state index contributed by atoms with van der Waals surface area (Å²) in [5.74, 6) is 0.268. The van der Waals surface area contributed by atoms with Gasteiger partial charge in [-0.1, -0.05) is 24.3 Å². The van der Waals surface area contributed by atoms with Crippen LogP contribution in [0, 0.1) is 6.92 Å². The molecule has 0 radical (unpaired) electrons. The molecular weight excluding hydrogens is 278 g/mol. The van der Waals surface area contributed by atoms with Crippen LogP contribution in [0.3, 0.4) is 0 Å². The third-order valence-electron chi connectivity index (χ3n) is 4.10. The number of hydrogen-bond acceptors (Lipinski definition) is 3. The topological polar surface area (TPSA) is 20.3 Å². The van der Waals surface area contributed by atoms with Crippen LogP contribution in [0.25, 0.3) is 0 Å². The van der Waals surface area contributed by atoms with E-state index < -0.39 is 0 Å². The van der Waals surface area contributed by atoms with E-state index in [0.717, 1.165) is 24.2 Å². The third-order valence-corrected chi connectivity index (χ3v) is 4.83. The first kappa shape index (κ1) is 14.5. The van der Waals surface area contributed by atoms with Gasteiger partial charge in [0.1, 0.15) is 0 Å². The Morgan fingerprint density at radius 2 is 2.10 bits per heavy atom. The van der Waals surface area contributed by atoms with Crippen LogP contribution < -0.4 is 0 Å². The molecule has 2 aromatic rings. The maximum atomic E-state index is 12.4. The lowest BCUT2D eigenvalue weighted by atomic mass is 10.0. The minimum Gasteiger partial charge on any atom is -0.296 e. The smallest absolute Gasteiger partial charge is 0.164 e. The van der Waals surface area contributed by atoms with Crippen molar-refractivity contribution in [2.45, 2.75) is 38.8 Å². The monoisotopic (exact) mass is 299 g/mol. The molecule has 1 saturated carbocycles. The summed E-state index contributed by atoms with van der Waals surface area (Å²) in [5, 5.41) is 4.33. The summed E-state index contributed by atoms with van der Waals surface area (Å²) < 4.78 is 0. The standard InChI is InChI=1S/C18H21NOS/c1-14-4-2-3-5-17(14)18(20)8-10-19(16-6-7-16)12-15-9-11-21-13-15/h2-5,9,11,13,16H,6-8,10,12H2,1H3. The molecule has 1 aromatic heterocycles. The zero-order valence-electron chi connectivity index (χ0n) is 12.4. The van der Waals surface area contributed by atoms with Crippen molar-refractivity contribution in [3.05, 3.63) is 57.8 Å². The highest BCUT2D eigenvalue weighted by atomic mass is 32.1. The van der Waals surface area contributed by atoms with Crippen LogP contribution in [-0.4, -0.2) is 23.3 Å². The van der Waals surface area contributed by atoms with Gasteiger partial charge in [-0.25, -0.2) is 0 Å². The van der Waals surface area contributed by atoms with Gasteiger partial charge in [-0.3, -0.25) is 9.69 Å². The minimum atomic E-state index is 0.268. The predicted molar refractivity (Wildman–Crippen MR) is 87.9 cm³/mol. The van der Waals surface area contributed by atoms with Crippen molar-refractivity contribution >= 4 is 17.1 Å². The van der Waals surface area contributed by atoms with E-state index in [1.807, 2.05) is 31.2 Å². The molecule has 1 aliphatic rings. The number of hydrogen-bond donors (Lipinski definition) is 0. The number of rotatable bonds is 7. The van der Waals surface area contributed by atoms with E-state index in [-0.39, 0.29) is 5.78 Å². The Hall–Kier alpha value is -1.45. The fourth-order valence-corrected chi connectivity index (χ4v) is 3.37. The Balaban J connectivity index is 1.59. The van der Waals surface area contributed by atoms with Crippen molar-refractivity contribution < 1.29 is 4.79 Å². The molecule has 21 heavy (non-hydrogen) atoms. The van der Waals surface area contributed by atoms with Crippen molar-refractivity contribution in [2.24, 2.45) is 0 Å². The number of aryl methyl sites for hydroxylation is 1. The number of ketones is 1. The van der Waals surface area contributed by atoms with Crippen molar-refractivity contribution in [1.82, 2.24) is 4.90 Å². The van der Waals surface area contributed by atoms with Crippen LogP contribution in [0.4, 0.5) is 0 Å². The minimum absolute atomic E-state index is 0.268. The molecule has 0 atom stereocenters. The van der Waals surface area contributed by atoms with E-state index in [1.54, 1.807) is 11.3 Å². The third kappa shape index (κ3) is 3.80. The van der Waals surface area contributed by atoms with Gasteiger partial charge in [0.15, 0.2) is 5.78 Å². The van der Waals surface area contributed by atoms with Crippen LogP contribution in [0.15, 0.2) is 41.1 Å². The quantitative estimate of drug-likeness (QED) is 0.711. The highest BCUT2D eigenvalue weighted by Crippen LogP contribution is 2.29. The molecule has 1 heterocycles. The van der Waals surface area contributed by atoms with E-state index in [1.165, 1.54) is 18.4 Å². The van der Waals surface area contributed by atoms with Crippen molar-refractivity contribution in [2.75, 3.05) is 6.54 Å². The maximum Gasteiger partial charge on any atom is 0.164 e. The first-order chi connectivity index (χ1) is 10.2. The molecule has 1 fully saturated rings. The average molecular weight is 299 g/mol. The molecule has 0 spiro atoms. The normalized spacial score (nSPS) is 14.6. The summed E-state index contributed by atoms with van der Waals surface area (Å²) in [6, 6.07) is 10.8. The Kier molecular flexibility index (Phi) is 4.51. The molecule has 0 saturated heterocycles. The molecule has 3 heteroatoms. The first-order valence-corrected chi connectivity index (χ1v) is 8.52. The summed E-state index contributed by atoms with van der Waals surface area (Å²) in [6.45, 7) is 3.86. The second kappa shape index (κ2) is 6.54. The Labute approximate surface area is 130 Å². The van der Waals surface area contributed by atoms with Crippen LogP contribution in [0.5, 0.6) is 0 Å². The molecule has 0 unspecified atom stereocenters. The molecule has 0 aliphatic heterocycles. The van der Waals surface area contributed by atoms with Gasteiger partial charge in [0.25, 0.3) is 0 Å². The first-order valence-electron chi connectivity index (χ1n) is 7.58.